The Morgan fingerprint density at radius 2 is 1.17 bits per heavy atom. The van der Waals surface area contributed by atoms with Gasteiger partial charge in [0.1, 0.15) is 16.9 Å². The number of hydrogen-bond donors (Lipinski definition) is 0. The van der Waals surface area contributed by atoms with Gasteiger partial charge in [0, 0.05) is 67.0 Å². The van der Waals surface area contributed by atoms with E-state index in [1.165, 1.54) is 0 Å². The number of para-hydroxylation sites is 3. The Kier molecular flexibility index (Phi) is 7.50. The van der Waals surface area contributed by atoms with Gasteiger partial charge in [-0.3, -0.25) is 4.98 Å². The van der Waals surface area contributed by atoms with Crippen molar-refractivity contribution in [2.24, 2.45) is 0 Å². The summed E-state index contributed by atoms with van der Waals surface area (Å²) in [5.74, 6) is 0.399. The standard InChI is InChI=1S/C47H25N13/c1-4-14-30-28(11-1)24-51-57-43(30)40-39(36-22-27-10-2-6-16-32(27)55-56-36)45-42(44(58-60-59-45)35-20-19-26-13-9-21-48-46(26)54-35)38(37-25-49-33-17-7-8-18-34(33)52-37)41(40)47-50-23-29-12-3-5-15-31(29)53-47/h1-25H. The van der Waals surface area contributed by atoms with Crippen molar-refractivity contribution < 1.29 is 0 Å². The van der Waals surface area contributed by atoms with Crippen LogP contribution < -0.4 is 0 Å². The van der Waals surface area contributed by atoms with E-state index in [0.717, 1.165) is 43.5 Å². The van der Waals surface area contributed by atoms with Crippen molar-refractivity contribution in [2.45, 2.75) is 0 Å². The number of aromatic nitrogens is 13. The number of hydrogen-bond acceptors (Lipinski definition) is 13. The van der Waals surface area contributed by atoms with Crippen LogP contribution in [0.2, 0.25) is 0 Å². The molecule has 0 atom stereocenters. The Hall–Kier alpha value is -8.71. The van der Waals surface area contributed by atoms with Gasteiger partial charge in [0.15, 0.2) is 11.5 Å². The highest BCUT2D eigenvalue weighted by atomic mass is 15.3. The van der Waals surface area contributed by atoms with Crippen molar-refractivity contribution in [3.8, 4) is 56.5 Å². The van der Waals surface area contributed by atoms with E-state index in [1.807, 2.05) is 134 Å². The Bertz CT molecular complexity index is 3700. The van der Waals surface area contributed by atoms with Gasteiger partial charge in [0.25, 0.3) is 0 Å². The summed E-state index contributed by atoms with van der Waals surface area (Å²) >= 11 is 0. The van der Waals surface area contributed by atoms with E-state index in [-0.39, 0.29) is 0 Å². The van der Waals surface area contributed by atoms with E-state index in [2.05, 4.69) is 15.3 Å². The first-order valence-electron chi connectivity index (χ1n) is 19.1. The van der Waals surface area contributed by atoms with Gasteiger partial charge in [-0.25, -0.2) is 24.9 Å². The number of nitrogens with zero attached hydrogens (tertiary/aromatic N) is 13. The molecule has 13 nitrogen and oxygen atoms in total. The molecule has 0 unspecified atom stereocenters. The van der Waals surface area contributed by atoms with Gasteiger partial charge in [-0.15, -0.1) is 25.5 Å². The maximum Gasteiger partial charge on any atom is 0.161 e. The first kappa shape index (κ1) is 33.4. The van der Waals surface area contributed by atoms with Crippen LogP contribution >= 0.6 is 0 Å². The molecule has 0 saturated heterocycles. The first-order chi connectivity index (χ1) is 29.7. The SMILES string of the molecule is c1ccc2nnc(-c3c(-c4nncc5ccccc45)c(-c4ncc5ccccc5n4)c(-c4cnc5ccccc5n4)c4c(-c5ccc6cccnc6n5)nnnc34)cc2c1. The fraction of sp³-hybridized carbons (Fsp3) is 0. The smallest absolute Gasteiger partial charge is 0.161 e. The van der Waals surface area contributed by atoms with Crippen LogP contribution in [0.3, 0.4) is 0 Å². The van der Waals surface area contributed by atoms with E-state index in [4.69, 9.17) is 50.4 Å². The van der Waals surface area contributed by atoms with Crippen LogP contribution in [0.15, 0.2) is 152 Å². The Morgan fingerprint density at radius 1 is 0.383 bits per heavy atom. The van der Waals surface area contributed by atoms with E-state index in [9.17, 15) is 0 Å². The largest absolute Gasteiger partial charge is 0.252 e. The van der Waals surface area contributed by atoms with Crippen molar-refractivity contribution in [1.82, 2.24) is 65.7 Å². The van der Waals surface area contributed by atoms with Gasteiger partial charge in [-0.2, -0.15) is 5.10 Å². The zero-order chi connectivity index (χ0) is 39.6. The van der Waals surface area contributed by atoms with Crippen LogP contribution in [0.5, 0.6) is 0 Å². The molecule has 13 heteroatoms. The Labute approximate surface area is 339 Å². The van der Waals surface area contributed by atoms with E-state index < -0.39 is 0 Å². The normalized spacial score (nSPS) is 11.7. The molecule has 0 amide bonds. The topological polar surface area (TPSA) is 168 Å². The molecule has 12 rings (SSSR count). The molecule has 0 aliphatic heterocycles. The summed E-state index contributed by atoms with van der Waals surface area (Å²) in [6.45, 7) is 0. The summed E-state index contributed by atoms with van der Waals surface area (Å²) in [7, 11) is 0. The van der Waals surface area contributed by atoms with Crippen LogP contribution in [-0.2, 0) is 0 Å². The van der Waals surface area contributed by atoms with Crippen molar-refractivity contribution >= 4 is 65.5 Å². The molecule has 278 valence electrons. The lowest BCUT2D eigenvalue weighted by atomic mass is 9.84. The maximum atomic E-state index is 5.28. The minimum absolute atomic E-state index is 0.399. The molecule has 0 aliphatic carbocycles. The zero-order valence-corrected chi connectivity index (χ0v) is 31.2. The van der Waals surface area contributed by atoms with E-state index in [0.29, 0.717) is 78.6 Å². The average Bonchev–Trinajstić information content (AvgIpc) is 3.32. The second kappa shape index (κ2) is 13.5. The highest BCUT2D eigenvalue weighted by molar-refractivity contribution is 6.20. The van der Waals surface area contributed by atoms with E-state index in [1.54, 1.807) is 18.6 Å². The molecule has 0 fully saturated rings. The summed E-state index contributed by atoms with van der Waals surface area (Å²) in [5.41, 5.74) is 8.82. The van der Waals surface area contributed by atoms with Crippen molar-refractivity contribution in [3.05, 3.63) is 152 Å². The van der Waals surface area contributed by atoms with Crippen LogP contribution in [0.25, 0.3) is 122 Å². The highest BCUT2D eigenvalue weighted by Crippen LogP contribution is 2.51. The quantitative estimate of drug-likeness (QED) is 0.163. The third-order valence-corrected chi connectivity index (χ3v) is 10.7. The summed E-state index contributed by atoms with van der Waals surface area (Å²) in [6.07, 6.45) is 7.05. The molecular weight excluding hydrogens is 747 g/mol. The van der Waals surface area contributed by atoms with Crippen molar-refractivity contribution in [2.75, 3.05) is 0 Å². The van der Waals surface area contributed by atoms with Gasteiger partial charge in [0.05, 0.1) is 51.5 Å². The lowest BCUT2D eigenvalue weighted by Gasteiger charge is -2.22. The molecular formula is C47H25N13. The second-order valence-electron chi connectivity index (χ2n) is 14.2. The van der Waals surface area contributed by atoms with Crippen LogP contribution in [0.1, 0.15) is 0 Å². The van der Waals surface area contributed by atoms with Crippen LogP contribution in [0.4, 0.5) is 0 Å². The first-order valence-corrected chi connectivity index (χ1v) is 19.1. The summed E-state index contributed by atoms with van der Waals surface area (Å²) in [5, 5.41) is 38.0. The number of benzene rings is 5. The summed E-state index contributed by atoms with van der Waals surface area (Å²) in [6, 6.07) is 41.2. The number of pyridine rings is 2. The van der Waals surface area contributed by atoms with Crippen LogP contribution in [-0.4, -0.2) is 65.7 Å². The minimum Gasteiger partial charge on any atom is -0.252 e. The Morgan fingerprint density at radius 3 is 2.08 bits per heavy atom. The van der Waals surface area contributed by atoms with Crippen molar-refractivity contribution in [3.63, 3.8) is 0 Å². The fourth-order valence-corrected chi connectivity index (χ4v) is 7.95. The van der Waals surface area contributed by atoms with Gasteiger partial charge in [-0.1, -0.05) is 72.8 Å². The van der Waals surface area contributed by atoms with Gasteiger partial charge in [-0.05, 0) is 59.8 Å². The second-order valence-corrected chi connectivity index (χ2v) is 14.2. The predicted octanol–water partition coefficient (Wildman–Crippen LogP) is 9.08. The lowest BCUT2D eigenvalue weighted by molar-refractivity contribution is 0.898. The monoisotopic (exact) mass is 771 g/mol. The van der Waals surface area contributed by atoms with Gasteiger partial charge < -0.3 is 0 Å². The lowest BCUT2D eigenvalue weighted by Crippen LogP contribution is -2.07. The molecule has 0 N–H and O–H groups in total. The molecule has 0 spiro atoms. The molecule has 60 heavy (non-hydrogen) atoms. The fourth-order valence-electron chi connectivity index (χ4n) is 7.95. The summed E-state index contributed by atoms with van der Waals surface area (Å²) in [4.78, 5) is 30.2. The van der Waals surface area contributed by atoms with Gasteiger partial charge in [0.2, 0.25) is 0 Å². The molecule has 7 aromatic heterocycles. The molecule has 0 radical (unpaired) electrons. The van der Waals surface area contributed by atoms with Crippen LogP contribution in [0, 0.1) is 0 Å². The molecule has 0 aliphatic rings. The Balaban J connectivity index is 1.35. The molecule has 5 aromatic carbocycles. The molecule has 7 heterocycles. The third kappa shape index (κ3) is 5.37. The average molecular weight is 772 g/mol. The van der Waals surface area contributed by atoms with E-state index >= 15 is 0 Å². The third-order valence-electron chi connectivity index (χ3n) is 10.7. The molecule has 0 bridgehead atoms. The molecule has 12 aromatic rings. The number of rotatable bonds is 5. The van der Waals surface area contributed by atoms with Gasteiger partial charge >= 0.3 is 0 Å². The summed E-state index contributed by atoms with van der Waals surface area (Å²) < 4.78 is 0. The zero-order valence-electron chi connectivity index (χ0n) is 31.2. The number of fused-ring (bicyclic) bond motifs is 6. The molecule has 0 saturated carbocycles. The maximum absolute atomic E-state index is 5.28. The van der Waals surface area contributed by atoms with Crippen molar-refractivity contribution in [1.29, 1.82) is 0 Å². The highest BCUT2D eigenvalue weighted by Gasteiger charge is 2.32. The predicted molar refractivity (Wildman–Crippen MR) is 230 cm³/mol. The minimum atomic E-state index is 0.399.